The Morgan fingerprint density at radius 1 is 1.13 bits per heavy atom. The minimum absolute atomic E-state index is 0.296. The summed E-state index contributed by atoms with van der Waals surface area (Å²) < 4.78 is 0. The number of carboxylic acids is 2. The molecule has 0 aromatic carbocycles. The second kappa shape index (κ2) is 8.23. The van der Waals surface area contributed by atoms with Crippen molar-refractivity contribution in [1.82, 2.24) is 0 Å². The van der Waals surface area contributed by atoms with E-state index in [0.29, 0.717) is 0 Å². The van der Waals surface area contributed by atoms with E-state index >= 15 is 0 Å². The Balaban J connectivity index is 0.000000262. The van der Waals surface area contributed by atoms with E-state index in [9.17, 15) is 9.59 Å². The van der Waals surface area contributed by atoms with Gasteiger partial charge in [-0.2, -0.15) is 0 Å². The topological polar surface area (TPSA) is 91.2 Å². The average molecular weight is 218 g/mol. The minimum atomic E-state index is -1.08. The van der Waals surface area contributed by atoms with Crippen molar-refractivity contribution in [1.29, 1.82) is 0 Å². The van der Waals surface area contributed by atoms with Crippen molar-refractivity contribution in [2.45, 2.75) is 32.6 Å². The minimum Gasteiger partial charge on any atom is -0.481 e. The number of nitrogens with two attached hydrogens (primary N) is 1. The third-order valence-electron chi connectivity index (χ3n) is 2.28. The molecule has 1 saturated heterocycles. The fourth-order valence-corrected chi connectivity index (χ4v) is 1.31. The highest BCUT2D eigenvalue weighted by atomic mass is 16.4. The number of carboxylic acid groups (broad SMARTS) is 2. The summed E-state index contributed by atoms with van der Waals surface area (Å²) in [7, 11) is 0. The first-order valence-corrected chi connectivity index (χ1v) is 5.27. The molecule has 5 heteroatoms. The van der Waals surface area contributed by atoms with Gasteiger partial charge in [0, 0.05) is 0 Å². The van der Waals surface area contributed by atoms with E-state index in [-0.39, 0.29) is 12.8 Å². The number of aliphatic carboxylic acids is 2. The number of rotatable bonds is 3. The first-order valence-electron chi connectivity index (χ1n) is 5.27. The highest BCUT2D eigenvalue weighted by Gasteiger charge is 2.08. The van der Waals surface area contributed by atoms with E-state index in [1.165, 1.54) is 25.9 Å². The van der Waals surface area contributed by atoms with E-state index in [2.05, 4.69) is 12.2 Å². The number of quaternary nitrogens is 1. The first-order chi connectivity index (χ1) is 7.02. The van der Waals surface area contributed by atoms with Gasteiger partial charge in [-0.15, -0.1) is 0 Å². The third-order valence-corrected chi connectivity index (χ3v) is 2.28. The van der Waals surface area contributed by atoms with Crippen molar-refractivity contribution in [3.8, 4) is 0 Å². The first kappa shape index (κ1) is 13.9. The molecule has 1 aliphatic heterocycles. The molecule has 0 unspecified atom stereocenters. The molecule has 15 heavy (non-hydrogen) atoms. The largest absolute Gasteiger partial charge is 0.481 e. The Kier molecular flexibility index (Phi) is 7.62. The lowest BCUT2D eigenvalue weighted by molar-refractivity contribution is -0.664. The van der Waals surface area contributed by atoms with Gasteiger partial charge in [-0.25, -0.2) is 0 Å². The van der Waals surface area contributed by atoms with Crippen LogP contribution in [0.25, 0.3) is 0 Å². The fraction of sp³-hybridized carbons (Fsp3) is 0.800. The van der Waals surface area contributed by atoms with Crippen molar-refractivity contribution in [3.63, 3.8) is 0 Å². The predicted molar refractivity (Wildman–Crippen MR) is 54.6 cm³/mol. The predicted octanol–water partition coefficient (Wildman–Crippen LogP) is -0.0845. The van der Waals surface area contributed by atoms with Gasteiger partial charge in [0.1, 0.15) is 0 Å². The van der Waals surface area contributed by atoms with Crippen molar-refractivity contribution in [3.05, 3.63) is 0 Å². The highest BCUT2D eigenvalue weighted by molar-refractivity contribution is 5.75. The van der Waals surface area contributed by atoms with Gasteiger partial charge in [0.2, 0.25) is 0 Å². The fourth-order valence-electron chi connectivity index (χ4n) is 1.31. The zero-order chi connectivity index (χ0) is 11.7. The third kappa shape index (κ3) is 10.8. The summed E-state index contributed by atoms with van der Waals surface area (Å²) in [6, 6.07) is 0. The Bertz CT molecular complexity index is 186. The maximum absolute atomic E-state index is 9.64. The van der Waals surface area contributed by atoms with Crippen LogP contribution < -0.4 is 5.32 Å². The van der Waals surface area contributed by atoms with E-state index < -0.39 is 11.9 Å². The normalized spacial score (nSPS) is 16.3. The van der Waals surface area contributed by atoms with Crippen LogP contribution in [0, 0.1) is 5.92 Å². The average Bonchev–Trinajstić information content (AvgIpc) is 2.17. The van der Waals surface area contributed by atoms with E-state index in [4.69, 9.17) is 10.2 Å². The van der Waals surface area contributed by atoms with Gasteiger partial charge >= 0.3 is 11.9 Å². The molecule has 0 radical (unpaired) electrons. The number of hydrogen-bond donors (Lipinski definition) is 3. The van der Waals surface area contributed by atoms with Gasteiger partial charge in [0.05, 0.1) is 25.9 Å². The van der Waals surface area contributed by atoms with Crippen molar-refractivity contribution in [2.75, 3.05) is 13.1 Å². The Morgan fingerprint density at radius 3 is 1.73 bits per heavy atom. The monoisotopic (exact) mass is 218 g/mol. The van der Waals surface area contributed by atoms with E-state index in [1.54, 1.807) is 0 Å². The van der Waals surface area contributed by atoms with Crippen LogP contribution in [0.1, 0.15) is 32.6 Å². The SMILES string of the molecule is CC1CC[NH2+]CC1.O=C(O)CCC(=O)O. The van der Waals surface area contributed by atoms with E-state index in [0.717, 1.165) is 5.92 Å². The number of piperidine rings is 1. The zero-order valence-electron chi connectivity index (χ0n) is 9.11. The van der Waals surface area contributed by atoms with Gasteiger partial charge in [-0.1, -0.05) is 6.92 Å². The van der Waals surface area contributed by atoms with Crippen LogP contribution in [0.3, 0.4) is 0 Å². The van der Waals surface area contributed by atoms with Crippen LogP contribution in [0.15, 0.2) is 0 Å². The molecule has 0 atom stereocenters. The summed E-state index contributed by atoms with van der Waals surface area (Å²) in [6.07, 6.45) is 2.27. The summed E-state index contributed by atoms with van der Waals surface area (Å²) >= 11 is 0. The van der Waals surface area contributed by atoms with Crippen molar-refractivity contribution in [2.24, 2.45) is 5.92 Å². The Hall–Kier alpha value is -1.10. The van der Waals surface area contributed by atoms with Gasteiger partial charge in [0.25, 0.3) is 0 Å². The van der Waals surface area contributed by atoms with Crippen molar-refractivity contribution >= 4 is 11.9 Å². The second-order valence-corrected chi connectivity index (χ2v) is 3.84. The molecule has 4 N–H and O–H groups in total. The zero-order valence-corrected chi connectivity index (χ0v) is 9.11. The molecule has 1 aliphatic rings. The summed E-state index contributed by atoms with van der Waals surface area (Å²) in [5.74, 6) is -1.15. The van der Waals surface area contributed by atoms with Crippen LogP contribution in [0.5, 0.6) is 0 Å². The Morgan fingerprint density at radius 2 is 1.53 bits per heavy atom. The molecule has 5 nitrogen and oxygen atoms in total. The molecule has 88 valence electrons. The number of carbonyl (C=O) groups is 2. The summed E-state index contributed by atoms with van der Waals surface area (Å²) in [6.45, 7) is 5.06. The lowest BCUT2D eigenvalue weighted by atomic mass is 10.0. The van der Waals surface area contributed by atoms with Crippen LogP contribution in [-0.4, -0.2) is 35.2 Å². The lowest BCUT2D eigenvalue weighted by Crippen LogP contribution is -2.86. The molecular formula is C10H20NO4+. The molecule has 1 fully saturated rings. The lowest BCUT2D eigenvalue weighted by Gasteiger charge is -2.14. The highest BCUT2D eigenvalue weighted by Crippen LogP contribution is 2.04. The molecule has 0 saturated carbocycles. The van der Waals surface area contributed by atoms with Gasteiger partial charge in [0.15, 0.2) is 0 Å². The van der Waals surface area contributed by atoms with E-state index in [1.807, 2.05) is 0 Å². The van der Waals surface area contributed by atoms with Crippen molar-refractivity contribution < 1.29 is 25.1 Å². The standard InChI is InChI=1S/C6H13N.C4H6O4/c1-6-2-4-7-5-3-6;5-3(6)1-2-4(7)8/h6-7H,2-5H2,1H3;1-2H2,(H,5,6)(H,7,8)/p+1. The van der Waals surface area contributed by atoms with Crippen LogP contribution in [-0.2, 0) is 9.59 Å². The molecule has 1 rings (SSSR count). The molecule has 0 aromatic rings. The van der Waals surface area contributed by atoms with Crippen LogP contribution >= 0.6 is 0 Å². The molecule has 0 aliphatic carbocycles. The number of hydrogen-bond acceptors (Lipinski definition) is 2. The molecule has 0 spiro atoms. The molecular weight excluding hydrogens is 198 g/mol. The smallest absolute Gasteiger partial charge is 0.303 e. The molecule has 0 amide bonds. The van der Waals surface area contributed by atoms with Crippen LogP contribution in [0.2, 0.25) is 0 Å². The maximum Gasteiger partial charge on any atom is 0.303 e. The maximum atomic E-state index is 9.64. The van der Waals surface area contributed by atoms with Crippen LogP contribution in [0.4, 0.5) is 0 Å². The Labute approximate surface area is 89.5 Å². The second-order valence-electron chi connectivity index (χ2n) is 3.84. The molecule has 0 aromatic heterocycles. The van der Waals surface area contributed by atoms with Gasteiger partial charge in [-0.05, 0) is 18.8 Å². The molecule has 0 bridgehead atoms. The van der Waals surface area contributed by atoms with Gasteiger partial charge < -0.3 is 15.5 Å². The molecule has 1 heterocycles. The summed E-state index contributed by atoms with van der Waals surface area (Å²) in [4.78, 5) is 19.3. The quantitative estimate of drug-likeness (QED) is 0.617. The van der Waals surface area contributed by atoms with Gasteiger partial charge in [-0.3, -0.25) is 9.59 Å². The summed E-state index contributed by atoms with van der Waals surface area (Å²) in [5, 5.41) is 18.2. The summed E-state index contributed by atoms with van der Waals surface area (Å²) in [5.41, 5.74) is 0.